The molecule has 1 aromatic heterocycles. The van der Waals surface area contributed by atoms with E-state index in [0.29, 0.717) is 17.6 Å². The summed E-state index contributed by atoms with van der Waals surface area (Å²) in [6, 6.07) is 12.8. The van der Waals surface area contributed by atoms with Crippen molar-refractivity contribution in [3.8, 4) is 0 Å². The monoisotopic (exact) mass is 311 g/mol. The minimum atomic E-state index is -0.129. The molecule has 1 heterocycles. The van der Waals surface area contributed by atoms with Gasteiger partial charge in [-0.15, -0.1) is 0 Å². The quantitative estimate of drug-likeness (QED) is 0.940. The van der Waals surface area contributed by atoms with Crippen molar-refractivity contribution in [1.82, 2.24) is 9.88 Å². The first-order chi connectivity index (χ1) is 11.0. The molecule has 0 unspecified atom stereocenters. The van der Waals surface area contributed by atoms with E-state index in [4.69, 9.17) is 0 Å². The minimum absolute atomic E-state index is 0.0788. The fourth-order valence-corrected chi connectivity index (χ4v) is 2.11. The zero-order chi connectivity index (χ0) is 16.8. The molecule has 1 aromatic carbocycles. The lowest BCUT2D eigenvalue weighted by Crippen LogP contribution is -2.28. The van der Waals surface area contributed by atoms with E-state index in [1.807, 2.05) is 44.2 Å². The predicted molar refractivity (Wildman–Crippen MR) is 88.8 cm³/mol. The SMILES string of the molecule is CC(=O)NCc1ccc(C(=O)n2ccccc2=NC(C)C)cc1. The van der Waals surface area contributed by atoms with Gasteiger partial charge < -0.3 is 5.32 Å². The number of carbonyl (C=O) groups excluding carboxylic acids is 2. The molecule has 0 aliphatic rings. The number of amides is 1. The van der Waals surface area contributed by atoms with Crippen LogP contribution in [0.15, 0.2) is 53.7 Å². The molecule has 0 spiro atoms. The second kappa shape index (κ2) is 7.54. The molecule has 5 heteroatoms. The summed E-state index contributed by atoms with van der Waals surface area (Å²) < 4.78 is 1.54. The maximum absolute atomic E-state index is 12.7. The Morgan fingerprint density at radius 2 is 1.83 bits per heavy atom. The lowest BCUT2D eigenvalue weighted by molar-refractivity contribution is -0.119. The molecule has 2 rings (SSSR count). The molecule has 0 bridgehead atoms. The van der Waals surface area contributed by atoms with Crippen LogP contribution >= 0.6 is 0 Å². The summed E-state index contributed by atoms with van der Waals surface area (Å²) in [6.07, 6.45) is 1.72. The van der Waals surface area contributed by atoms with Crippen LogP contribution in [0.1, 0.15) is 36.7 Å². The average Bonchev–Trinajstić information content (AvgIpc) is 2.53. The van der Waals surface area contributed by atoms with Crippen LogP contribution in [0.5, 0.6) is 0 Å². The highest BCUT2D eigenvalue weighted by Crippen LogP contribution is 2.06. The van der Waals surface area contributed by atoms with Gasteiger partial charge in [0, 0.05) is 31.3 Å². The number of carbonyl (C=O) groups is 2. The van der Waals surface area contributed by atoms with Crippen molar-refractivity contribution in [2.45, 2.75) is 33.4 Å². The first-order valence-corrected chi connectivity index (χ1v) is 7.57. The standard InChI is InChI=1S/C18H21N3O2/c1-13(2)20-17-6-4-5-11-21(17)18(23)16-9-7-15(8-10-16)12-19-14(3)22/h4-11,13H,12H2,1-3H3,(H,19,22). The third-order valence-corrected chi connectivity index (χ3v) is 3.19. The van der Waals surface area contributed by atoms with Gasteiger partial charge in [0.05, 0.1) is 0 Å². The molecule has 23 heavy (non-hydrogen) atoms. The van der Waals surface area contributed by atoms with E-state index in [9.17, 15) is 9.59 Å². The molecule has 0 saturated carbocycles. The molecule has 0 aliphatic heterocycles. The van der Waals surface area contributed by atoms with E-state index in [0.717, 1.165) is 5.56 Å². The Kier molecular flexibility index (Phi) is 5.46. The molecule has 1 amide bonds. The fraction of sp³-hybridized carbons (Fsp3) is 0.278. The van der Waals surface area contributed by atoms with E-state index < -0.39 is 0 Å². The fourth-order valence-electron chi connectivity index (χ4n) is 2.11. The first-order valence-electron chi connectivity index (χ1n) is 7.57. The molecule has 0 atom stereocenters. The number of aromatic nitrogens is 1. The highest BCUT2D eigenvalue weighted by atomic mass is 16.2. The van der Waals surface area contributed by atoms with Crippen LogP contribution in [0.2, 0.25) is 0 Å². The Labute approximate surface area is 135 Å². The van der Waals surface area contributed by atoms with Gasteiger partial charge in [-0.3, -0.25) is 19.1 Å². The van der Waals surface area contributed by atoms with Crippen LogP contribution in [-0.2, 0) is 11.3 Å². The molecule has 1 N–H and O–H groups in total. The number of nitrogens with zero attached hydrogens (tertiary/aromatic N) is 2. The number of benzene rings is 1. The van der Waals surface area contributed by atoms with E-state index >= 15 is 0 Å². The molecular formula is C18H21N3O2. The van der Waals surface area contributed by atoms with Gasteiger partial charge in [0.2, 0.25) is 5.91 Å². The summed E-state index contributed by atoms with van der Waals surface area (Å²) in [4.78, 5) is 28.1. The lowest BCUT2D eigenvalue weighted by atomic mass is 10.1. The Bertz CT molecular complexity index is 758. The Balaban J connectivity index is 2.26. The van der Waals surface area contributed by atoms with Crippen molar-refractivity contribution >= 4 is 11.8 Å². The predicted octanol–water partition coefficient (Wildman–Crippen LogP) is 2.12. The van der Waals surface area contributed by atoms with E-state index in [2.05, 4.69) is 10.3 Å². The Hall–Kier alpha value is -2.69. The van der Waals surface area contributed by atoms with Gasteiger partial charge in [-0.25, -0.2) is 0 Å². The third kappa shape index (κ3) is 4.64. The molecule has 0 saturated heterocycles. The van der Waals surface area contributed by atoms with Gasteiger partial charge in [0.25, 0.3) is 5.91 Å². The van der Waals surface area contributed by atoms with E-state index in [-0.39, 0.29) is 17.9 Å². The molecule has 2 aromatic rings. The van der Waals surface area contributed by atoms with Crippen LogP contribution in [-0.4, -0.2) is 22.4 Å². The van der Waals surface area contributed by atoms with Crippen molar-refractivity contribution in [2.24, 2.45) is 4.99 Å². The van der Waals surface area contributed by atoms with Gasteiger partial charge in [-0.05, 0) is 43.7 Å². The van der Waals surface area contributed by atoms with Crippen molar-refractivity contribution in [3.63, 3.8) is 0 Å². The van der Waals surface area contributed by atoms with Crippen LogP contribution < -0.4 is 10.8 Å². The lowest BCUT2D eigenvalue weighted by Gasteiger charge is -2.08. The Morgan fingerprint density at radius 3 is 2.43 bits per heavy atom. The molecular weight excluding hydrogens is 290 g/mol. The molecule has 0 fully saturated rings. The summed E-state index contributed by atoms with van der Waals surface area (Å²) >= 11 is 0. The Morgan fingerprint density at radius 1 is 1.13 bits per heavy atom. The molecule has 120 valence electrons. The maximum atomic E-state index is 12.7. The summed E-state index contributed by atoms with van der Waals surface area (Å²) in [7, 11) is 0. The minimum Gasteiger partial charge on any atom is -0.352 e. The van der Waals surface area contributed by atoms with Crippen molar-refractivity contribution < 1.29 is 9.59 Å². The number of pyridine rings is 1. The van der Waals surface area contributed by atoms with Gasteiger partial charge in [0.1, 0.15) is 5.49 Å². The van der Waals surface area contributed by atoms with Crippen LogP contribution in [0.3, 0.4) is 0 Å². The number of nitrogens with one attached hydrogen (secondary N) is 1. The maximum Gasteiger partial charge on any atom is 0.263 e. The molecule has 0 aliphatic carbocycles. The summed E-state index contributed by atoms with van der Waals surface area (Å²) in [5, 5.41) is 2.73. The van der Waals surface area contributed by atoms with Crippen LogP contribution in [0.4, 0.5) is 0 Å². The van der Waals surface area contributed by atoms with Gasteiger partial charge >= 0.3 is 0 Å². The largest absolute Gasteiger partial charge is 0.352 e. The topological polar surface area (TPSA) is 63.5 Å². The highest BCUT2D eigenvalue weighted by Gasteiger charge is 2.09. The highest BCUT2D eigenvalue weighted by molar-refractivity contribution is 5.95. The number of hydrogen-bond donors (Lipinski definition) is 1. The molecule has 5 nitrogen and oxygen atoms in total. The smallest absolute Gasteiger partial charge is 0.263 e. The average molecular weight is 311 g/mol. The van der Waals surface area contributed by atoms with Gasteiger partial charge in [-0.2, -0.15) is 0 Å². The van der Waals surface area contributed by atoms with Crippen LogP contribution in [0, 0.1) is 0 Å². The second-order valence-electron chi connectivity index (χ2n) is 5.56. The summed E-state index contributed by atoms with van der Waals surface area (Å²) in [5.41, 5.74) is 2.16. The molecule has 0 radical (unpaired) electrons. The first kappa shape index (κ1) is 16.7. The number of hydrogen-bond acceptors (Lipinski definition) is 3. The van der Waals surface area contributed by atoms with Crippen molar-refractivity contribution in [3.05, 3.63) is 65.3 Å². The van der Waals surface area contributed by atoms with E-state index in [1.165, 1.54) is 6.92 Å². The van der Waals surface area contributed by atoms with Gasteiger partial charge in [0.15, 0.2) is 0 Å². The number of rotatable bonds is 4. The van der Waals surface area contributed by atoms with Crippen LogP contribution in [0.25, 0.3) is 0 Å². The van der Waals surface area contributed by atoms with Gasteiger partial charge in [-0.1, -0.05) is 18.2 Å². The normalized spacial score (nSPS) is 11.6. The zero-order valence-corrected chi connectivity index (χ0v) is 13.6. The summed E-state index contributed by atoms with van der Waals surface area (Å²) in [5.74, 6) is -0.207. The third-order valence-electron chi connectivity index (χ3n) is 3.19. The second-order valence-corrected chi connectivity index (χ2v) is 5.56. The zero-order valence-electron chi connectivity index (χ0n) is 13.6. The van der Waals surface area contributed by atoms with Crippen molar-refractivity contribution in [1.29, 1.82) is 0 Å². The van der Waals surface area contributed by atoms with E-state index in [1.54, 1.807) is 22.9 Å². The summed E-state index contributed by atoms with van der Waals surface area (Å²) in [6.45, 7) is 5.87. The van der Waals surface area contributed by atoms with Crippen molar-refractivity contribution in [2.75, 3.05) is 0 Å².